The first-order chi connectivity index (χ1) is 7.28. The smallest absolute Gasteiger partial charge is 0.155 e. The molecule has 0 saturated heterocycles. The fraction of sp³-hybridized carbons (Fsp3) is 0.786. The minimum absolute atomic E-state index is 0.0842. The van der Waals surface area contributed by atoms with Gasteiger partial charge in [0, 0.05) is 6.42 Å². The molecule has 0 radical (unpaired) electrons. The monoisotopic (exact) mass is 222 g/mol. The van der Waals surface area contributed by atoms with Crippen LogP contribution >= 0.6 is 0 Å². The predicted octanol–water partition coefficient (Wildman–Crippen LogP) is 3.26. The maximum atomic E-state index is 11.4. The van der Waals surface area contributed by atoms with Crippen LogP contribution in [0.3, 0.4) is 0 Å². The van der Waals surface area contributed by atoms with Gasteiger partial charge in [0.1, 0.15) is 0 Å². The summed E-state index contributed by atoms with van der Waals surface area (Å²) in [5.74, 6) is 0.295. The van der Waals surface area contributed by atoms with Crippen LogP contribution in [0.5, 0.6) is 0 Å². The van der Waals surface area contributed by atoms with Gasteiger partial charge in [0.05, 0.1) is 11.7 Å². The Kier molecular flexibility index (Phi) is 2.73. The largest absolute Gasteiger partial charge is 0.372 e. The quantitative estimate of drug-likeness (QED) is 0.680. The molecule has 90 valence electrons. The third kappa shape index (κ3) is 2.37. The van der Waals surface area contributed by atoms with Crippen molar-refractivity contribution in [1.82, 2.24) is 0 Å². The normalized spacial score (nSPS) is 34.9. The van der Waals surface area contributed by atoms with E-state index in [1.54, 1.807) is 0 Å². The van der Waals surface area contributed by atoms with Crippen LogP contribution in [-0.4, -0.2) is 17.5 Å². The van der Waals surface area contributed by atoms with Gasteiger partial charge in [-0.05, 0) is 51.5 Å². The molecule has 0 aromatic rings. The zero-order chi connectivity index (χ0) is 12.0. The molecule has 0 aromatic heterocycles. The van der Waals surface area contributed by atoms with Crippen LogP contribution in [0.15, 0.2) is 11.6 Å². The lowest BCUT2D eigenvalue weighted by molar-refractivity contribution is -0.115. The van der Waals surface area contributed by atoms with Crippen LogP contribution in [0.4, 0.5) is 0 Å². The van der Waals surface area contributed by atoms with Crippen molar-refractivity contribution < 1.29 is 9.53 Å². The SMILES string of the molecule is CC(C)(C)O[C@@H]1CC2=CC(=O)CC[C@@]2(C)C1. The van der Waals surface area contributed by atoms with Gasteiger partial charge in [-0.2, -0.15) is 0 Å². The van der Waals surface area contributed by atoms with E-state index in [2.05, 4.69) is 27.7 Å². The Morgan fingerprint density at radius 1 is 1.44 bits per heavy atom. The van der Waals surface area contributed by atoms with Gasteiger partial charge in [0.15, 0.2) is 5.78 Å². The molecule has 2 rings (SSSR count). The summed E-state index contributed by atoms with van der Waals surface area (Å²) in [5, 5.41) is 0. The molecule has 2 heteroatoms. The zero-order valence-electron chi connectivity index (χ0n) is 10.8. The number of rotatable bonds is 1. The second kappa shape index (κ2) is 3.69. The average Bonchev–Trinajstić information content (AvgIpc) is 2.38. The van der Waals surface area contributed by atoms with E-state index in [0.717, 1.165) is 19.3 Å². The van der Waals surface area contributed by atoms with Gasteiger partial charge < -0.3 is 4.74 Å². The van der Waals surface area contributed by atoms with Gasteiger partial charge in [-0.1, -0.05) is 12.5 Å². The number of hydrogen-bond acceptors (Lipinski definition) is 2. The highest BCUT2D eigenvalue weighted by Crippen LogP contribution is 2.49. The third-order valence-electron chi connectivity index (χ3n) is 3.68. The van der Waals surface area contributed by atoms with E-state index in [1.807, 2.05) is 6.08 Å². The summed E-state index contributed by atoms with van der Waals surface area (Å²) in [6, 6.07) is 0. The number of carbonyl (C=O) groups excluding carboxylic acids is 1. The summed E-state index contributed by atoms with van der Waals surface area (Å²) in [6.45, 7) is 8.56. The number of ether oxygens (including phenoxy) is 1. The zero-order valence-corrected chi connectivity index (χ0v) is 10.8. The van der Waals surface area contributed by atoms with Gasteiger partial charge in [-0.15, -0.1) is 0 Å². The van der Waals surface area contributed by atoms with Gasteiger partial charge in [-0.3, -0.25) is 4.79 Å². The van der Waals surface area contributed by atoms with E-state index in [9.17, 15) is 4.79 Å². The minimum Gasteiger partial charge on any atom is -0.372 e. The van der Waals surface area contributed by atoms with Crippen LogP contribution in [0, 0.1) is 5.41 Å². The molecule has 0 aliphatic heterocycles. The van der Waals surface area contributed by atoms with Crippen molar-refractivity contribution in [3.8, 4) is 0 Å². The van der Waals surface area contributed by atoms with E-state index in [-0.39, 0.29) is 11.0 Å². The Morgan fingerprint density at radius 2 is 2.12 bits per heavy atom. The van der Waals surface area contributed by atoms with E-state index in [4.69, 9.17) is 4.74 Å². The summed E-state index contributed by atoms with van der Waals surface area (Å²) in [6.07, 6.45) is 5.89. The standard InChI is InChI=1S/C14H22O2/c1-13(2,3)16-12-8-10-7-11(15)5-6-14(10,4)9-12/h7,12H,5-6,8-9H2,1-4H3/t12-,14+/m1/s1. The molecule has 1 saturated carbocycles. The van der Waals surface area contributed by atoms with Crippen LogP contribution in [0.2, 0.25) is 0 Å². The van der Waals surface area contributed by atoms with Gasteiger partial charge in [0.2, 0.25) is 0 Å². The Bertz CT molecular complexity index is 335. The molecule has 0 bridgehead atoms. The van der Waals surface area contributed by atoms with Crippen molar-refractivity contribution >= 4 is 5.78 Å². The lowest BCUT2D eigenvalue weighted by atomic mass is 9.76. The highest BCUT2D eigenvalue weighted by Gasteiger charge is 2.43. The van der Waals surface area contributed by atoms with Crippen LogP contribution < -0.4 is 0 Å². The predicted molar refractivity (Wildman–Crippen MR) is 64.3 cm³/mol. The van der Waals surface area contributed by atoms with Crippen molar-refractivity contribution in [2.45, 2.75) is 65.1 Å². The second-order valence-electron chi connectivity index (χ2n) is 6.46. The summed E-state index contributed by atoms with van der Waals surface area (Å²) in [5.41, 5.74) is 1.46. The number of allylic oxidation sites excluding steroid dienone is 1. The van der Waals surface area contributed by atoms with Gasteiger partial charge in [-0.25, -0.2) is 0 Å². The molecule has 0 amide bonds. The molecule has 0 heterocycles. The molecule has 2 aliphatic carbocycles. The molecule has 16 heavy (non-hydrogen) atoms. The minimum atomic E-state index is -0.0842. The highest BCUT2D eigenvalue weighted by atomic mass is 16.5. The summed E-state index contributed by atoms with van der Waals surface area (Å²) >= 11 is 0. The Balaban J connectivity index is 2.11. The first-order valence-corrected chi connectivity index (χ1v) is 6.20. The highest BCUT2D eigenvalue weighted by molar-refractivity contribution is 5.91. The molecule has 0 aromatic carbocycles. The van der Waals surface area contributed by atoms with Crippen molar-refractivity contribution in [1.29, 1.82) is 0 Å². The molecule has 2 aliphatic rings. The first-order valence-electron chi connectivity index (χ1n) is 6.20. The molecule has 2 atom stereocenters. The maximum absolute atomic E-state index is 11.4. The van der Waals surface area contributed by atoms with E-state index >= 15 is 0 Å². The van der Waals surface area contributed by atoms with Gasteiger partial charge in [0.25, 0.3) is 0 Å². The number of hydrogen-bond donors (Lipinski definition) is 0. The Morgan fingerprint density at radius 3 is 2.75 bits per heavy atom. The van der Waals surface area contributed by atoms with Crippen molar-refractivity contribution in [3.05, 3.63) is 11.6 Å². The molecule has 0 N–H and O–H groups in total. The first kappa shape index (κ1) is 11.8. The number of carbonyl (C=O) groups is 1. The molecule has 1 fully saturated rings. The van der Waals surface area contributed by atoms with Crippen LogP contribution in [0.1, 0.15) is 53.4 Å². The average molecular weight is 222 g/mol. The van der Waals surface area contributed by atoms with Crippen molar-refractivity contribution in [2.75, 3.05) is 0 Å². The van der Waals surface area contributed by atoms with Gasteiger partial charge >= 0.3 is 0 Å². The molecule has 0 unspecified atom stereocenters. The topological polar surface area (TPSA) is 26.3 Å². The summed E-state index contributed by atoms with van der Waals surface area (Å²) < 4.78 is 6.04. The third-order valence-corrected chi connectivity index (χ3v) is 3.68. The fourth-order valence-electron chi connectivity index (χ4n) is 2.94. The van der Waals surface area contributed by atoms with E-state index in [1.165, 1.54) is 5.57 Å². The van der Waals surface area contributed by atoms with Crippen LogP contribution in [0.25, 0.3) is 0 Å². The molecule has 2 nitrogen and oxygen atoms in total. The fourth-order valence-corrected chi connectivity index (χ4v) is 2.94. The van der Waals surface area contributed by atoms with E-state index in [0.29, 0.717) is 18.3 Å². The lowest BCUT2D eigenvalue weighted by Crippen LogP contribution is -2.27. The molecular formula is C14H22O2. The number of fused-ring (bicyclic) bond motifs is 1. The Labute approximate surface area is 98.1 Å². The summed E-state index contributed by atoms with van der Waals surface area (Å²) in [4.78, 5) is 11.4. The van der Waals surface area contributed by atoms with Crippen molar-refractivity contribution in [2.24, 2.45) is 5.41 Å². The molecule has 0 spiro atoms. The Hall–Kier alpha value is -0.630. The van der Waals surface area contributed by atoms with E-state index < -0.39 is 0 Å². The lowest BCUT2D eigenvalue weighted by Gasteiger charge is -2.29. The second-order valence-corrected chi connectivity index (χ2v) is 6.46. The number of ketones is 1. The maximum Gasteiger partial charge on any atom is 0.155 e. The van der Waals surface area contributed by atoms with Crippen molar-refractivity contribution in [3.63, 3.8) is 0 Å². The summed E-state index contributed by atoms with van der Waals surface area (Å²) in [7, 11) is 0. The van der Waals surface area contributed by atoms with Crippen LogP contribution in [-0.2, 0) is 9.53 Å². The molecular weight excluding hydrogens is 200 g/mol.